The van der Waals surface area contributed by atoms with Gasteiger partial charge in [0.05, 0.1) is 11.1 Å². The van der Waals surface area contributed by atoms with Gasteiger partial charge in [-0.15, -0.1) is 0 Å². The van der Waals surface area contributed by atoms with Crippen molar-refractivity contribution >= 4 is 69.8 Å². The molecule has 0 unspecified atom stereocenters. The number of rotatable bonds is 8. The number of hydrogen-bond acceptors (Lipinski definition) is 6. The van der Waals surface area contributed by atoms with Gasteiger partial charge in [-0.25, -0.2) is 0 Å². The number of hydrogen-bond donors (Lipinski definition) is 2. The van der Waals surface area contributed by atoms with Gasteiger partial charge >= 0.3 is 0 Å². The summed E-state index contributed by atoms with van der Waals surface area (Å²) in [6, 6.07) is 17.8. The highest BCUT2D eigenvalue weighted by molar-refractivity contribution is 7.08. The van der Waals surface area contributed by atoms with Crippen molar-refractivity contribution in [2.75, 3.05) is 23.7 Å². The van der Waals surface area contributed by atoms with E-state index in [1.165, 1.54) is 22.7 Å². The number of amides is 4. The molecule has 0 saturated carbocycles. The molecule has 0 radical (unpaired) electrons. The molecule has 44 heavy (non-hydrogen) atoms. The van der Waals surface area contributed by atoms with Gasteiger partial charge in [-0.3, -0.25) is 19.2 Å². The van der Waals surface area contributed by atoms with Crippen LogP contribution < -0.4 is 10.6 Å². The van der Waals surface area contributed by atoms with E-state index in [1.54, 1.807) is 21.9 Å². The molecule has 2 fully saturated rings. The molecule has 8 nitrogen and oxygen atoms in total. The highest BCUT2D eigenvalue weighted by atomic mass is 32.1. The lowest BCUT2D eigenvalue weighted by Crippen LogP contribution is -2.43. The SMILES string of the molecule is O=C(Nc1ccc(C=Cc2ccc(NC(=O)[C@@H]3CCCN3C(=O)c3ccsc3)cc2)cc1)[C@@H]1CCCN1C(=O)c1ccsc1. The predicted octanol–water partition coefficient (Wildman–Crippen LogP) is 6.47. The van der Waals surface area contributed by atoms with Gasteiger partial charge in [0, 0.05) is 35.2 Å². The summed E-state index contributed by atoms with van der Waals surface area (Å²) in [5, 5.41) is 13.3. The predicted molar refractivity (Wildman–Crippen MR) is 176 cm³/mol. The Morgan fingerprint density at radius 3 is 1.39 bits per heavy atom. The number of carbonyl (C=O) groups is 4. The van der Waals surface area contributed by atoms with Crippen LogP contribution >= 0.6 is 22.7 Å². The van der Waals surface area contributed by atoms with E-state index >= 15 is 0 Å². The van der Waals surface area contributed by atoms with E-state index in [0.717, 1.165) is 24.0 Å². The lowest BCUT2D eigenvalue weighted by Gasteiger charge is -2.23. The standard InChI is InChI=1S/C34H32N4O4S2/c39-31(29-3-1-17-37(29)33(41)25-15-19-43-21-25)35-27-11-7-23(8-12-27)5-6-24-9-13-28(14-10-24)36-32(40)30-4-2-18-38(30)34(42)26-16-20-44-22-26/h5-16,19-22,29-30H,1-4,17-18H2,(H,35,39)(H,36,40)/t29-,30-/m0/s1. The first-order valence-corrected chi connectivity index (χ1v) is 16.5. The molecule has 0 bridgehead atoms. The van der Waals surface area contributed by atoms with Gasteiger partial charge in [0.25, 0.3) is 11.8 Å². The van der Waals surface area contributed by atoms with Crippen molar-refractivity contribution in [1.29, 1.82) is 0 Å². The molecule has 2 aromatic carbocycles. The second-order valence-corrected chi connectivity index (χ2v) is 12.5. The van der Waals surface area contributed by atoms with E-state index in [9.17, 15) is 19.2 Å². The van der Waals surface area contributed by atoms with Crippen LogP contribution in [0.25, 0.3) is 12.2 Å². The van der Waals surface area contributed by atoms with Crippen molar-refractivity contribution < 1.29 is 19.2 Å². The molecule has 0 aliphatic carbocycles. The molecule has 0 spiro atoms. The fraction of sp³-hybridized carbons (Fsp3) is 0.235. The summed E-state index contributed by atoms with van der Waals surface area (Å²) in [6.07, 6.45) is 6.87. The Kier molecular flexibility index (Phi) is 8.99. The van der Waals surface area contributed by atoms with Crippen LogP contribution in [-0.2, 0) is 9.59 Å². The van der Waals surface area contributed by atoms with Gasteiger partial charge in [0.1, 0.15) is 12.1 Å². The summed E-state index contributed by atoms with van der Waals surface area (Å²) in [6.45, 7) is 1.17. The number of likely N-dealkylation sites (tertiary alicyclic amines) is 2. The molecular weight excluding hydrogens is 593 g/mol. The van der Waals surface area contributed by atoms with Crippen LogP contribution in [0.2, 0.25) is 0 Å². The molecule has 4 aromatic rings. The van der Waals surface area contributed by atoms with Gasteiger partial charge in [0.2, 0.25) is 11.8 Å². The maximum atomic E-state index is 13.0. The van der Waals surface area contributed by atoms with E-state index in [-0.39, 0.29) is 23.6 Å². The lowest BCUT2D eigenvalue weighted by atomic mass is 10.1. The molecule has 2 aliphatic rings. The Bertz CT molecular complexity index is 1520. The molecular formula is C34H32N4O4S2. The first-order chi connectivity index (χ1) is 21.5. The van der Waals surface area contributed by atoms with Gasteiger partial charge in [-0.05, 0) is 84.0 Å². The zero-order valence-corrected chi connectivity index (χ0v) is 25.6. The van der Waals surface area contributed by atoms with Crippen LogP contribution in [0.1, 0.15) is 57.5 Å². The van der Waals surface area contributed by atoms with Crippen molar-refractivity contribution in [2.24, 2.45) is 0 Å². The Morgan fingerprint density at radius 1 is 0.614 bits per heavy atom. The zero-order valence-electron chi connectivity index (χ0n) is 24.0. The first kappa shape index (κ1) is 29.5. The normalized spacial score (nSPS) is 18.1. The minimum Gasteiger partial charge on any atom is -0.327 e. The number of nitrogens with one attached hydrogen (secondary N) is 2. The van der Waals surface area contributed by atoms with Gasteiger partial charge < -0.3 is 20.4 Å². The van der Waals surface area contributed by atoms with E-state index < -0.39 is 12.1 Å². The van der Waals surface area contributed by atoms with Crippen molar-refractivity contribution in [3.05, 3.63) is 104 Å². The third kappa shape index (κ3) is 6.66. The third-order valence-electron chi connectivity index (χ3n) is 7.99. The van der Waals surface area contributed by atoms with Crippen LogP contribution in [0.5, 0.6) is 0 Å². The number of anilines is 2. The molecule has 2 aromatic heterocycles. The fourth-order valence-corrected chi connectivity index (χ4v) is 6.93. The van der Waals surface area contributed by atoms with E-state index in [2.05, 4.69) is 10.6 Å². The average Bonchev–Trinajstić information content (AvgIpc) is 3.88. The van der Waals surface area contributed by atoms with Crippen LogP contribution in [-0.4, -0.2) is 58.6 Å². The van der Waals surface area contributed by atoms with Crippen LogP contribution in [0, 0.1) is 0 Å². The van der Waals surface area contributed by atoms with Gasteiger partial charge in [0.15, 0.2) is 0 Å². The summed E-state index contributed by atoms with van der Waals surface area (Å²) >= 11 is 2.94. The van der Waals surface area contributed by atoms with Crippen molar-refractivity contribution in [3.8, 4) is 0 Å². The van der Waals surface area contributed by atoms with Crippen LogP contribution in [0.4, 0.5) is 11.4 Å². The minimum atomic E-state index is -0.472. The summed E-state index contributed by atoms with van der Waals surface area (Å²) in [4.78, 5) is 55.0. The van der Waals surface area contributed by atoms with Crippen LogP contribution in [0.3, 0.4) is 0 Å². The van der Waals surface area contributed by atoms with E-state index in [0.29, 0.717) is 48.4 Å². The summed E-state index contributed by atoms with van der Waals surface area (Å²) < 4.78 is 0. The fourth-order valence-electron chi connectivity index (χ4n) is 5.67. The molecule has 6 rings (SSSR count). The molecule has 10 heteroatoms. The molecule has 4 amide bonds. The third-order valence-corrected chi connectivity index (χ3v) is 9.36. The first-order valence-electron chi connectivity index (χ1n) is 14.6. The van der Waals surface area contributed by atoms with Crippen molar-refractivity contribution in [2.45, 2.75) is 37.8 Å². The molecule has 2 N–H and O–H groups in total. The molecule has 2 aliphatic heterocycles. The Labute approximate surface area is 264 Å². The van der Waals surface area contributed by atoms with Gasteiger partial charge in [-0.1, -0.05) is 36.4 Å². The highest BCUT2D eigenvalue weighted by Gasteiger charge is 2.35. The zero-order chi connectivity index (χ0) is 30.5. The van der Waals surface area contributed by atoms with E-state index in [1.807, 2.05) is 82.2 Å². The minimum absolute atomic E-state index is 0.0958. The lowest BCUT2D eigenvalue weighted by molar-refractivity contribution is -0.120. The van der Waals surface area contributed by atoms with Gasteiger partial charge in [-0.2, -0.15) is 22.7 Å². The molecule has 2 atom stereocenters. The Morgan fingerprint density at radius 2 is 1.02 bits per heavy atom. The Balaban J connectivity index is 1.01. The molecule has 4 heterocycles. The molecule has 224 valence electrons. The maximum absolute atomic E-state index is 13.0. The number of carbonyl (C=O) groups excluding carboxylic acids is 4. The Hall–Kier alpha value is -4.54. The average molecular weight is 625 g/mol. The smallest absolute Gasteiger partial charge is 0.255 e. The topological polar surface area (TPSA) is 98.8 Å². The molecule has 2 saturated heterocycles. The van der Waals surface area contributed by atoms with E-state index in [4.69, 9.17) is 0 Å². The van der Waals surface area contributed by atoms with Crippen molar-refractivity contribution in [1.82, 2.24) is 9.80 Å². The quantitative estimate of drug-likeness (QED) is 0.220. The second-order valence-electron chi connectivity index (χ2n) is 10.9. The highest BCUT2D eigenvalue weighted by Crippen LogP contribution is 2.25. The second kappa shape index (κ2) is 13.4. The summed E-state index contributed by atoms with van der Waals surface area (Å²) in [5.74, 6) is -0.532. The van der Waals surface area contributed by atoms with Crippen LogP contribution in [0.15, 0.2) is 82.2 Å². The number of benzene rings is 2. The van der Waals surface area contributed by atoms with Crippen molar-refractivity contribution in [3.63, 3.8) is 0 Å². The monoisotopic (exact) mass is 624 g/mol. The largest absolute Gasteiger partial charge is 0.327 e. The number of thiophene rings is 2. The summed E-state index contributed by atoms with van der Waals surface area (Å²) in [7, 11) is 0. The summed E-state index contributed by atoms with van der Waals surface area (Å²) in [5.41, 5.74) is 4.55. The maximum Gasteiger partial charge on any atom is 0.255 e. The number of nitrogens with zero attached hydrogens (tertiary/aromatic N) is 2.